The van der Waals surface area contributed by atoms with Gasteiger partial charge in [0.25, 0.3) is 5.91 Å². The maximum absolute atomic E-state index is 13.4. The Morgan fingerprint density at radius 2 is 1.79 bits per heavy atom. The molecule has 1 saturated heterocycles. The molecule has 1 aliphatic rings. The van der Waals surface area contributed by atoms with Gasteiger partial charge in [-0.2, -0.15) is 5.10 Å². The van der Waals surface area contributed by atoms with Gasteiger partial charge in [-0.25, -0.2) is 0 Å². The highest BCUT2D eigenvalue weighted by Crippen LogP contribution is 2.24. The van der Waals surface area contributed by atoms with Crippen molar-refractivity contribution >= 4 is 16.8 Å². The monoisotopic (exact) mass is 376 g/mol. The molecule has 1 amide bonds. The number of likely N-dealkylation sites (tertiary alicyclic amines) is 1. The number of carbonyl (C=O) groups excluding carboxylic acids is 1. The van der Waals surface area contributed by atoms with E-state index in [0.717, 1.165) is 43.4 Å². The van der Waals surface area contributed by atoms with Gasteiger partial charge >= 0.3 is 0 Å². The van der Waals surface area contributed by atoms with Crippen molar-refractivity contribution in [2.45, 2.75) is 45.3 Å². The second kappa shape index (κ2) is 8.15. The molecule has 1 aromatic heterocycles. The van der Waals surface area contributed by atoms with E-state index in [1.165, 1.54) is 5.56 Å². The minimum Gasteiger partial charge on any atom is -0.332 e. The van der Waals surface area contributed by atoms with E-state index in [1.54, 1.807) is 0 Å². The lowest BCUT2D eigenvalue weighted by Gasteiger charge is -2.40. The molecule has 2 heterocycles. The van der Waals surface area contributed by atoms with Crippen LogP contribution in [0.15, 0.2) is 54.6 Å². The first-order chi connectivity index (χ1) is 13.6. The Balaban J connectivity index is 1.46. The number of carbonyl (C=O) groups is 1. The molecule has 1 fully saturated rings. The van der Waals surface area contributed by atoms with Gasteiger partial charge in [0.15, 0.2) is 5.69 Å². The van der Waals surface area contributed by atoms with Crippen LogP contribution in [0.1, 0.15) is 42.7 Å². The fourth-order valence-corrected chi connectivity index (χ4v) is 4.27. The molecule has 28 heavy (non-hydrogen) atoms. The summed E-state index contributed by atoms with van der Waals surface area (Å²) in [5.74, 6) is 0.0361. The number of nitrogens with one attached hydrogen (secondary N) is 1. The second-order valence-electron chi connectivity index (χ2n) is 7.92. The normalized spacial score (nSPS) is 16.0. The van der Waals surface area contributed by atoms with Crippen LogP contribution in [-0.4, -0.2) is 51.1 Å². The number of hydrogen-bond acceptors (Lipinski definition) is 3. The molecule has 0 aliphatic carbocycles. The predicted molar refractivity (Wildman–Crippen MR) is 112 cm³/mol. The average Bonchev–Trinajstić information content (AvgIpc) is 3.14. The van der Waals surface area contributed by atoms with Gasteiger partial charge in [0.05, 0.1) is 5.52 Å². The molecule has 0 radical (unpaired) electrons. The number of amides is 1. The molecule has 0 atom stereocenters. The van der Waals surface area contributed by atoms with E-state index in [1.807, 2.05) is 29.2 Å². The first kappa shape index (κ1) is 18.7. The first-order valence-corrected chi connectivity index (χ1v) is 10.2. The Labute approximate surface area is 166 Å². The summed E-state index contributed by atoms with van der Waals surface area (Å²) < 4.78 is 0. The number of fused-ring (bicyclic) bond motifs is 1. The van der Waals surface area contributed by atoms with Gasteiger partial charge < -0.3 is 4.90 Å². The Hall–Kier alpha value is -2.66. The number of benzene rings is 2. The van der Waals surface area contributed by atoms with Gasteiger partial charge in [0.1, 0.15) is 0 Å². The number of nitrogens with zero attached hydrogens (tertiary/aromatic N) is 3. The van der Waals surface area contributed by atoms with E-state index >= 15 is 0 Å². The standard InChI is InChI=1S/C23H28N4O/c1-17(2)27(23(28)22-20-10-6-7-11-21(20)24-25-22)19-12-14-26(15-13-19)16-18-8-4-3-5-9-18/h3-11,17,19H,12-16H2,1-2H3,(H,24,25). The predicted octanol–water partition coefficient (Wildman–Crippen LogP) is 4.08. The van der Waals surface area contributed by atoms with Crippen LogP contribution < -0.4 is 0 Å². The zero-order valence-corrected chi connectivity index (χ0v) is 16.6. The van der Waals surface area contributed by atoms with E-state index < -0.39 is 0 Å². The maximum atomic E-state index is 13.4. The summed E-state index contributed by atoms with van der Waals surface area (Å²) in [5, 5.41) is 8.23. The molecule has 5 nitrogen and oxygen atoms in total. The molecule has 2 aromatic carbocycles. The van der Waals surface area contributed by atoms with Crippen LogP contribution in [-0.2, 0) is 6.54 Å². The molecular weight excluding hydrogens is 348 g/mol. The molecule has 146 valence electrons. The number of aromatic nitrogens is 2. The minimum atomic E-state index is 0.0361. The molecule has 0 saturated carbocycles. The quantitative estimate of drug-likeness (QED) is 0.730. The molecule has 5 heteroatoms. The zero-order valence-electron chi connectivity index (χ0n) is 16.6. The lowest BCUT2D eigenvalue weighted by atomic mass is 10.00. The van der Waals surface area contributed by atoms with E-state index in [4.69, 9.17) is 0 Å². The number of para-hydroxylation sites is 1. The minimum absolute atomic E-state index is 0.0361. The maximum Gasteiger partial charge on any atom is 0.275 e. The number of piperidine rings is 1. The van der Waals surface area contributed by atoms with Crippen molar-refractivity contribution in [1.82, 2.24) is 20.0 Å². The lowest BCUT2D eigenvalue weighted by molar-refractivity contribution is 0.0473. The van der Waals surface area contributed by atoms with Crippen molar-refractivity contribution in [3.05, 3.63) is 65.9 Å². The molecular formula is C23H28N4O. The van der Waals surface area contributed by atoms with Gasteiger partial charge in [-0.15, -0.1) is 0 Å². The van der Waals surface area contributed by atoms with E-state index in [0.29, 0.717) is 5.69 Å². The fourth-order valence-electron chi connectivity index (χ4n) is 4.27. The number of H-pyrrole nitrogens is 1. The molecule has 1 N–H and O–H groups in total. The molecule has 0 spiro atoms. The van der Waals surface area contributed by atoms with Crippen LogP contribution in [0.3, 0.4) is 0 Å². The summed E-state index contributed by atoms with van der Waals surface area (Å²) in [6.45, 7) is 7.20. The third-order valence-corrected chi connectivity index (χ3v) is 5.66. The third-order valence-electron chi connectivity index (χ3n) is 5.66. The fraction of sp³-hybridized carbons (Fsp3) is 0.391. The molecule has 3 aromatic rings. The van der Waals surface area contributed by atoms with E-state index in [9.17, 15) is 4.79 Å². The Bertz CT molecular complexity index is 926. The summed E-state index contributed by atoms with van der Waals surface area (Å²) >= 11 is 0. The number of rotatable bonds is 5. The zero-order chi connectivity index (χ0) is 19.5. The van der Waals surface area contributed by atoms with Crippen LogP contribution in [0.4, 0.5) is 0 Å². The van der Waals surface area contributed by atoms with E-state index in [2.05, 4.69) is 59.3 Å². The van der Waals surface area contributed by atoms with E-state index in [-0.39, 0.29) is 18.0 Å². The van der Waals surface area contributed by atoms with Crippen LogP contribution in [0.2, 0.25) is 0 Å². The van der Waals surface area contributed by atoms with Crippen molar-refractivity contribution in [3.63, 3.8) is 0 Å². The average molecular weight is 377 g/mol. The number of hydrogen-bond donors (Lipinski definition) is 1. The third kappa shape index (κ3) is 3.80. The summed E-state index contributed by atoms with van der Waals surface area (Å²) in [5.41, 5.74) is 2.80. The van der Waals surface area contributed by atoms with Crippen molar-refractivity contribution in [1.29, 1.82) is 0 Å². The second-order valence-corrected chi connectivity index (χ2v) is 7.92. The Morgan fingerprint density at radius 1 is 1.11 bits per heavy atom. The highest BCUT2D eigenvalue weighted by atomic mass is 16.2. The van der Waals surface area contributed by atoms with Gasteiger partial charge in [0.2, 0.25) is 0 Å². The lowest BCUT2D eigenvalue weighted by Crippen LogP contribution is -2.50. The van der Waals surface area contributed by atoms with Gasteiger partial charge in [-0.05, 0) is 38.3 Å². The van der Waals surface area contributed by atoms with Crippen LogP contribution >= 0.6 is 0 Å². The van der Waals surface area contributed by atoms with Crippen molar-refractivity contribution in [2.75, 3.05) is 13.1 Å². The molecule has 1 aliphatic heterocycles. The van der Waals surface area contributed by atoms with Crippen molar-refractivity contribution in [2.24, 2.45) is 0 Å². The summed E-state index contributed by atoms with van der Waals surface area (Å²) in [6, 6.07) is 18.8. The Kier molecular flexibility index (Phi) is 5.44. The van der Waals surface area contributed by atoms with Crippen LogP contribution in [0, 0.1) is 0 Å². The van der Waals surface area contributed by atoms with Crippen molar-refractivity contribution < 1.29 is 4.79 Å². The summed E-state index contributed by atoms with van der Waals surface area (Å²) in [4.78, 5) is 17.9. The Morgan fingerprint density at radius 3 is 2.50 bits per heavy atom. The highest BCUT2D eigenvalue weighted by molar-refractivity contribution is 6.04. The smallest absolute Gasteiger partial charge is 0.275 e. The highest BCUT2D eigenvalue weighted by Gasteiger charge is 2.32. The molecule has 0 unspecified atom stereocenters. The van der Waals surface area contributed by atoms with Gasteiger partial charge in [-0.3, -0.25) is 14.8 Å². The SMILES string of the molecule is CC(C)N(C(=O)c1n[nH]c2ccccc12)C1CCN(Cc2ccccc2)CC1. The first-order valence-electron chi connectivity index (χ1n) is 10.2. The van der Waals surface area contributed by atoms with Crippen molar-refractivity contribution in [3.8, 4) is 0 Å². The molecule has 0 bridgehead atoms. The topological polar surface area (TPSA) is 52.2 Å². The summed E-state index contributed by atoms with van der Waals surface area (Å²) in [6.07, 6.45) is 2.00. The van der Waals surface area contributed by atoms with Gasteiger partial charge in [0, 0.05) is 37.1 Å². The summed E-state index contributed by atoms with van der Waals surface area (Å²) in [7, 11) is 0. The van der Waals surface area contributed by atoms with Crippen LogP contribution in [0.5, 0.6) is 0 Å². The largest absolute Gasteiger partial charge is 0.332 e. The van der Waals surface area contributed by atoms with Gasteiger partial charge in [-0.1, -0.05) is 48.5 Å². The number of aromatic amines is 1. The molecule has 4 rings (SSSR count). The van der Waals surface area contributed by atoms with Crippen LogP contribution in [0.25, 0.3) is 10.9 Å².